The number of likely N-dealkylation sites (tertiary alicyclic amines) is 2. The highest BCUT2D eigenvalue weighted by atomic mass is 35.5. The van der Waals surface area contributed by atoms with E-state index in [9.17, 15) is 19.7 Å². The Bertz CT molecular complexity index is 2150. The molecule has 4 aliphatic rings. The Morgan fingerprint density at radius 3 is 2.69 bits per heavy atom. The van der Waals surface area contributed by atoms with Crippen molar-refractivity contribution in [3.05, 3.63) is 40.4 Å². The molecule has 10 nitrogen and oxygen atoms in total. The first-order chi connectivity index (χ1) is 23.5. The van der Waals surface area contributed by atoms with Gasteiger partial charge in [-0.25, -0.2) is 8.78 Å². The Morgan fingerprint density at radius 1 is 1.22 bits per heavy atom. The first kappa shape index (κ1) is 31.9. The molecule has 49 heavy (non-hydrogen) atoms. The lowest BCUT2D eigenvalue weighted by Crippen LogP contribution is -2.63. The van der Waals surface area contributed by atoms with Crippen LogP contribution in [0.4, 0.5) is 19.6 Å². The van der Waals surface area contributed by atoms with Crippen LogP contribution in [-0.4, -0.2) is 76.6 Å². The number of rotatable bonds is 6. The minimum atomic E-state index is -0.756. The number of thiophene rings is 1. The summed E-state index contributed by atoms with van der Waals surface area (Å²) in [6, 6.07) is 8.63. The van der Waals surface area contributed by atoms with Crippen LogP contribution in [0.5, 0.6) is 6.01 Å². The van der Waals surface area contributed by atoms with Gasteiger partial charge in [0.2, 0.25) is 5.91 Å². The number of fused-ring (bicyclic) bond motifs is 2. The first-order valence-electron chi connectivity index (χ1n) is 16.5. The fourth-order valence-corrected chi connectivity index (χ4v) is 9.38. The molecular weight excluding hydrogens is 670 g/mol. The number of hydrogen-bond acceptors (Lipinski definition) is 10. The number of amides is 1. The quantitative estimate of drug-likeness (QED) is 0.253. The van der Waals surface area contributed by atoms with E-state index in [-0.39, 0.29) is 78.2 Å². The second-order valence-electron chi connectivity index (χ2n) is 13.8. The van der Waals surface area contributed by atoms with Gasteiger partial charge in [-0.05, 0) is 70.3 Å². The van der Waals surface area contributed by atoms with E-state index in [0.29, 0.717) is 43.7 Å². The number of carbonyl (C=O) groups is 1. The predicted molar refractivity (Wildman–Crippen MR) is 183 cm³/mol. The number of halogens is 3. The zero-order valence-corrected chi connectivity index (χ0v) is 28.5. The molecule has 8 rings (SSSR count). The highest BCUT2D eigenvalue weighted by Gasteiger charge is 2.56. The Kier molecular flexibility index (Phi) is 7.59. The van der Waals surface area contributed by atoms with Gasteiger partial charge in [0.05, 0.1) is 38.7 Å². The molecule has 1 amide bonds. The highest BCUT2D eigenvalue weighted by Crippen LogP contribution is 2.49. The van der Waals surface area contributed by atoms with E-state index in [1.165, 1.54) is 12.1 Å². The summed E-state index contributed by atoms with van der Waals surface area (Å²) >= 11 is 7.81. The lowest BCUT2D eigenvalue weighted by molar-refractivity contribution is -0.147. The maximum atomic E-state index is 17.1. The van der Waals surface area contributed by atoms with Crippen LogP contribution < -0.4 is 15.4 Å². The van der Waals surface area contributed by atoms with Crippen LogP contribution in [0.25, 0.3) is 32.1 Å². The standard InChI is InChI=1S/C35H33ClF2N8O2S/c1-17(25-4-3-9-44(25)2)48-34-42-29-21(32(43-34)45-10-7-35(16-45)8-11-46(35)33(47)20-12-18(20)14-39)13-23(36)27(28(29)38)19-5-6-24(37)30-26(19)22(15-40)31(41)49-30/h5-6,13,17-18,20,25H,3-4,7-12,16,41H2,1-2H3/t17-,18-,20+,25?,35?/m0/s1. The molecule has 2 aromatic heterocycles. The minimum Gasteiger partial charge on any atom is -0.459 e. The van der Waals surface area contributed by atoms with Gasteiger partial charge in [-0.2, -0.15) is 20.5 Å². The summed E-state index contributed by atoms with van der Waals surface area (Å²) in [6.07, 6.45) is 3.83. The Balaban J connectivity index is 1.24. The van der Waals surface area contributed by atoms with Gasteiger partial charge in [0.25, 0.3) is 0 Å². The molecule has 2 N–H and O–H groups in total. The third-order valence-corrected chi connectivity index (χ3v) is 12.3. The third-order valence-electron chi connectivity index (χ3n) is 11.0. The zero-order chi connectivity index (χ0) is 34.4. The summed E-state index contributed by atoms with van der Waals surface area (Å²) in [5.74, 6) is -1.31. The van der Waals surface area contributed by atoms with E-state index in [4.69, 9.17) is 27.1 Å². The smallest absolute Gasteiger partial charge is 0.319 e. The number of likely N-dealkylation sites (N-methyl/N-ethyl adjacent to an activating group) is 1. The zero-order valence-electron chi connectivity index (χ0n) is 27.0. The number of aromatic nitrogens is 2. The number of anilines is 2. The normalized spacial score (nSPS) is 25.5. The van der Waals surface area contributed by atoms with Gasteiger partial charge in [0, 0.05) is 42.0 Å². The lowest BCUT2D eigenvalue weighted by atomic mass is 9.83. The summed E-state index contributed by atoms with van der Waals surface area (Å²) in [7, 11) is 2.05. The summed E-state index contributed by atoms with van der Waals surface area (Å²) in [6.45, 7) is 4.58. The van der Waals surface area contributed by atoms with Crippen LogP contribution >= 0.6 is 22.9 Å². The summed E-state index contributed by atoms with van der Waals surface area (Å²) in [5, 5.41) is 19.9. The van der Waals surface area contributed by atoms with E-state index in [0.717, 1.165) is 37.1 Å². The monoisotopic (exact) mass is 702 g/mol. The van der Waals surface area contributed by atoms with Crippen molar-refractivity contribution < 1.29 is 18.3 Å². The molecule has 1 saturated carbocycles. The molecule has 252 valence electrons. The number of hydrogen-bond donors (Lipinski definition) is 1. The fraction of sp³-hybridized carbons (Fsp3) is 0.457. The van der Waals surface area contributed by atoms with Crippen LogP contribution in [0.1, 0.15) is 44.6 Å². The van der Waals surface area contributed by atoms with Gasteiger partial charge in [-0.3, -0.25) is 9.69 Å². The van der Waals surface area contributed by atoms with Crippen molar-refractivity contribution >= 4 is 60.7 Å². The second-order valence-corrected chi connectivity index (χ2v) is 15.2. The molecule has 4 fully saturated rings. The summed E-state index contributed by atoms with van der Waals surface area (Å²) in [5.41, 5.74) is 5.92. The number of benzene rings is 2. The molecule has 0 bridgehead atoms. The average Bonchev–Trinajstić information content (AvgIpc) is 3.33. The van der Waals surface area contributed by atoms with E-state index in [1.54, 1.807) is 6.07 Å². The molecule has 0 radical (unpaired) electrons. The summed E-state index contributed by atoms with van der Waals surface area (Å²) in [4.78, 5) is 29.0. The first-order valence-corrected chi connectivity index (χ1v) is 17.7. The van der Waals surface area contributed by atoms with Crippen LogP contribution in [0, 0.1) is 46.1 Å². The van der Waals surface area contributed by atoms with Crippen molar-refractivity contribution in [1.82, 2.24) is 19.8 Å². The van der Waals surface area contributed by atoms with Crippen LogP contribution in [-0.2, 0) is 4.79 Å². The molecule has 2 unspecified atom stereocenters. The van der Waals surface area contributed by atoms with Gasteiger partial charge in [0.1, 0.15) is 34.3 Å². The number of ether oxygens (including phenoxy) is 1. The molecule has 2 aromatic carbocycles. The van der Waals surface area contributed by atoms with Gasteiger partial charge in [0.15, 0.2) is 5.82 Å². The molecule has 5 atom stereocenters. The molecule has 14 heteroatoms. The Morgan fingerprint density at radius 2 is 2.02 bits per heavy atom. The van der Waals surface area contributed by atoms with Gasteiger partial charge in [-0.15, -0.1) is 11.3 Å². The molecule has 3 aliphatic heterocycles. The van der Waals surface area contributed by atoms with Crippen molar-refractivity contribution in [2.75, 3.05) is 43.9 Å². The van der Waals surface area contributed by atoms with Crippen LogP contribution in [0.3, 0.4) is 0 Å². The van der Waals surface area contributed by atoms with Gasteiger partial charge >= 0.3 is 6.01 Å². The molecule has 5 heterocycles. The van der Waals surface area contributed by atoms with Crippen LogP contribution in [0.15, 0.2) is 18.2 Å². The Hall–Kier alpha value is -4.30. The van der Waals surface area contributed by atoms with Crippen molar-refractivity contribution in [1.29, 1.82) is 10.5 Å². The van der Waals surface area contributed by atoms with Crippen molar-refractivity contribution in [3.63, 3.8) is 0 Å². The number of nitrogen functional groups attached to an aromatic ring is 1. The third kappa shape index (κ3) is 4.97. The predicted octanol–water partition coefficient (Wildman–Crippen LogP) is 6.10. The number of nitrogens with zero attached hydrogens (tertiary/aromatic N) is 7. The van der Waals surface area contributed by atoms with Gasteiger partial charge in [-0.1, -0.05) is 17.7 Å². The van der Waals surface area contributed by atoms with Gasteiger partial charge < -0.3 is 20.3 Å². The average molecular weight is 703 g/mol. The van der Waals surface area contributed by atoms with Crippen molar-refractivity contribution in [2.45, 2.75) is 56.7 Å². The number of carbonyl (C=O) groups excluding carboxylic acids is 1. The van der Waals surface area contributed by atoms with E-state index < -0.39 is 17.2 Å². The SMILES string of the molecule is C[C@H](Oc1nc(N2CCC3(CCN3C(=O)[C@@H]3C[C@H]3C#N)C2)c2cc(Cl)c(-c3ccc(F)c4sc(N)c(C#N)c34)c(F)c2n1)C1CCCN1C. The molecular formula is C35H33ClF2N8O2S. The van der Waals surface area contributed by atoms with E-state index in [2.05, 4.69) is 16.0 Å². The fourth-order valence-electron chi connectivity index (χ4n) is 8.14. The number of nitriles is 2. The lowest BCUT2D eigenvalue weighted by Gasteiger charge is -2.51. The molecule has 3 saturated heterocycles. The topological polar surface area (TPSA) is 135 Å². The second kappa shape index (κ2) is 11.7. The molecule has 4 aromatic rings. The summed E-state index contributed by atoms with van der Waals surface area (Å²) < 4.78 is 38.5. The van der Waals surface area contributed by atoms with E-state index in [1.807, 2.05) is 29.8 Å². The maximum absolute atomic E-state index is 17.1. The molecule has 1 aliphatic carbocycles. The largest absolute Gasteiger partial charge is 0.459 e. The van der Waals surface area contributed by atoms with E-state index >= 15 is 4.39 Å². The minimum absolute atomic E-state index is 0.0153. The van der Waals surface area contributed by atoms with Crippen molar-refractivity contribution in [2.24, 2.45) is 11.8 Å². The number of nitrogens with two attached hydrogens (primary N) is 1. The Labute approximate surface area is 290 Å². The maximum Gasteiger partial charge on any atom is 0.319 e. The molecule has 1 spiro atoms. The van der Waals surface area contributed by atoms with Crippen molar-refractivity contribution in [3.8, 4) is 29.3 Å². The van der Waals surface area contributed by atoms with Crippen LogP contribution in [0.2, 0.25) is 5.02 Å². The highest BCUT2D eigenvalue weighted by molar-refractivity contribution is 7.23.